The molecule has 3 aliphatic rings. The fourth-order valence-corrected chi connectivity index (χ4v) is 17.5. The largest absolute Gasteiger partial charge is 0.496 e. The van der Waals surface area contributed by atoms with Gasteiger partial charge in [-0.25, -0.2) is 48.1 Å². The van der Waals surface area contributed by atoms with Crippen LogP contribution in [0.1, 0.15) is 66.8 Å². The van der Waals surface area contributed by atoms with E-state index in [1.165, 1.54) is 34.5 Å². The number of likely N-dealkylation sites (N-methyl/N-ethyl adjacent to an activating group) is 1. The number of ether oxygens (including phenoxy) is 11. The van der Waals surface area contributed by atoms with Crippen molar-refractivity contribution in [3.05, 3.63) is 185 Å². The molecule has 752 valence electrons. The van der Waals surface area contributed by atoms with Crippen LogP contribution in [0.2, 0.25) is 5.02 Å². The molecular formula is C93H114ClFN17O26S2+. The zero-order valence-electron chi connectivity index (χ0n) is 77.5. The summed E-state index contributed by atoms with van der Waals surface area (Å²) in [5.41, 5.74) is 11.8. The maximum Gasteiger partial charge on any atom is 0.421 e. The van der Waals surface area contributed by atoms with Crippen LogP contribution in [0.4, 0.5) is 19.7 Å². The fourth-order valence-electron chi connectivity index (χ4n) is 15.4. The van der Waals surface area contributed by atoms with E-state index >= 15 is 0 Å². The third-order valence-electron chi connectivity index (χ3n) is 23.0. The summed E-state index contributed by atoms with van der Waals surface area (Å²) < 4.78 is 109. The number of urea groups is 1. The lowest BCUT2D eigenvalue weighted by molar-refractivity contribution is -0.926. The number of quaternary nitrogens is 1. The zero-order valence-corrected chi connectivity index (χ0v) is 79.9. The minimum Gasteiger partial charge on any atom is -0.496 e. The summed E-state index contributed by atoms with van der Waals surface area (Å²) in [4.78, 5) is 127. The third-order valence-corrected chi connectivity index (χ3v) is 25.6. The number of imide groups is 1. The van der Waals surface area contributed by atoms with Gasteiger partial charge in [-0.3, -0.25) is 33.8 Å². The van der Waals surface area contributed by atoms with Crippen molar-refractivity contribution >= 4 is 96.7 Å². The Morgan fingerprint density at radius 3 is 2.21 bits per heavy atom. The van der Waals surface area contributed by atoms with Gasteiger partial charge in [0.15, 0.2) is 12.1 Å². The standard InChI is InChI=1S/C93H113ClFN17O26S2/c1-56(2)80(105-74(114)27-38-129-40-35-111-75(115)24-25-76(111)116)87(121)104-68(13-10-28-98-92(96)124)86(120)103-63-21-18-60(61(47-63)52-132-53-65-49-110(108-106-65)34-42-135-93(125)107-140(126,127)101-30-39-130-43-44-131-45-46-134-91-83(119)82(118)81(117)73(51-113)138-91)50-112(4)36-31-109(32-37-112)33-41-133-71-23-22-66(57(3)79(71)94)77-78-88(99-55-100-89(78)139-84(77)58-16-19-62(95)20-17-58)137-72(90(122)123)48-59-11-6-8-14-69(59)136-54-64-26-29-97-85(102-64)67-12-7-9-15-70(67)128-5/h6-9,11-12,14-26,29,47,49,55-56,68,72-73,80-83,91,101,113,117-119H,10,13,27-28,30-46,48,50-54H2,1-5H3,(H7-,96,98,103,104,105,107,114,120,121,122,123,124,125)/p+1/t68-,72+,73+,80-,81+,82-,83+,91+/m0/s1. The van der Waals surface area contributed by atoms with Crippen molar-refractivity contribution in [1.82, 2.24) is 70.1 Å². The highest BCUT2D eigenvalue weighted by Gasteiger charge is 2.44. The molecule has 7 heterocycles. The number of rotatable bonds is 54. The SMILES string of the molecule is COc1ccccc1-c1nccc(COc2ccccc2C[C@@H](Oc2ncnc3sc(-c4ccc(F)cc4)c(-c4ccc(OCCN5CC[N+](C)(Cc6ccc(NC(=O)[C@H](CCCNC(N)=O)NC(=O)[C@@H](NC(=O)CCOCCN7C(=O)C=CC7=O)C(C)C)cc6COCc6cn(CCOC(=O)NS(=O)(=O)NCCOCCOCCO[C@@H]7O[C@H](CO)[C@@H](O)[C@H](O)[C@H]7O)nn6)CC5)c(Cl)c4C)c23)C(=O)O)n1. The van der Waals surface area contributed by atoms with Gasteiger partial charge in [0.25, 0.3) is 11.8 Å². The monoisotopic (exact) mass is 2000 g/mol. The normalized spacial score (nSPS) is 17.1. The number of aromatic nitrogens is 7. The fraction of sp³-hybridized carbons (Fsp3) is 0.441. The number of aliphatic carboxylic acids is 1. The number of nitrogens with one attached hydrogen (secondary N) is 6. The van der Waals surface area contributed by atoms with Crippen LogP contribution < -0.4 is 55.4 Å². The number of aliphatic hydroxyl groups is 4. The summed E-state index contributed by atoms with van der Waals surface area (Å²) in [5, 5.41) is 70.3. The van der Waals surface area contributed by atoms with Crippen LogP contribution in [-0.4, -0.2) is 312 Å². The number of methoxy groups -OCH3 is 1. The second-order valence-electron chi connectivity index (χ2n) is 33.4. The Balaban J connectivity index is 0.673. The highest BCUT2D eigenvalue weighted by Crippen LogP contribution is 2.50. The molecule has 0 saturated carbocycles. The first kappa shape index (κ1) is 106. The lowest BCUT2D eigenvalue weighted by Crippen LogP contribution is -2.59. The third kappa shape index (κ3) is 30.3. The van der Waals surface area contributed by atoms with Crippen LogP contribution in [0, 0.1) is 18.7 Å². The van der Waals surface area contributed by atoms with E-state index in [2.05, 4.69) is 63.2 Å². The second kappa shape index (κ2) is 51.6. The summed E-state index contributed by atoms with van der Waals surface area (Å²) in [6.07, 6.45) is -3.30. The number of carbonyl (C=O) groups excluding carboxylic acids is 7. The quantitative estimate of drug-likeness (QED) is 0.0140. The molecule has 8 atom stereocenters. The minimum absolute atomic E-state index is 0.00786. The van der Waals surface area contributed by atoms with Crippen LogP contribution >= 0.6 is 22.9 Å². The highest BCUT2D eigenvalue weighted by molar-refractivity contribution is 7.88. The van der Waals surface area contributed by atoms with E-state index in [9.17, 15) is 76.7 Å². The predicted octanol–water partition coefficient (Wildman–Crippen LogP) is 4.65. The summed E-state index contributed by atoms with van der Waals surface area (Å²) in [6.45, 7) is 7.67. The van der Waals surface area contributed by atoms with Crippen LogP contribution in [0.15, 0.2) is 140 Å². The van der Waals surface area contributed by atoms with Crippen LogP contribution in [0.5, 0.6) is 23.1 Å². The van der Waals surface area contributed by atoms with Gasteiger partial charge >= 0.3 is 28.3 Å². The number of aliphatic hydroxyl groups excluding tert-OH is 4. The number of fused-ring (bicyclic) bond motifs is 1. The van der Waals surface area contributed by atoms with E-state index < -0.39 is 125 Å². The number of primary amides is 1. The molecule has 47 heteroatoms. The van der Waals surface area contributed by atoms with Gasteiger partial charge in [0.05, 0.1) is 134 Å². The maximum atomic E-state index is 14.7. The number of carboxylic acids is 1. The van der Waals surface area contributed by atoms with Crippen molar-refractivity contribution in [2.24, 2.45) is 11.7 Å². The number of para-hydroxylation sites is 2. The van der Waals surface area contributed by atoms with Crippen LogP contribution in [-0.2, 0) is 111 Å². The Bertz CT molecular complexity index is 5880. The molecule has 4 aromatic heterocycles. The Kier molecular flexibility index (Phi) is 39.2. The molecule has 0 spiro atoms. The first-order valence-electron chi connectivity index (χ1n) is 45.1. The first-order valence-corrected chi connectivity index (χ1v) is 47.7. The molecule has 5 aromatic carbocycles. The molecule has 2 fully saturated rings. The first-order chi connectivity index (χ1) is 67.3. The number of carbonyl (C=O) groups is 8. The Morgan fingerprint density at radius 2 is 1.47 bits per heavy atom. The lowest BCUT2D eigenvalue weighted by atomic mass is 9.96. The summed E-state index contributed by atoms with van der Waals surface area (Å²) in [6, 6.07) is 28.0. The minimum atomic E-state index is -4.39. The summed E-state index contributed by atoms with van der Waals surface area (Å²) in [5.74, 6) is -3.19. The number of benzene rings is 5. The number of halogens is 2. The average Bonchev–Trinajstić information content (AvgIpc) is 1.58. The van der Waals surface area contributed by atoms with Gasteiger partial charge in [0.1, 0.15) is 103 Å². The Morgan fingerprint density at radius 1 is 0.736 bits per heavy atom. The van der Waals surface area contributed by atoms with Gasteiger partial charge in [-0.1, -0.05) is 85.3 Å². The molecule has 43 nitrogen and oxygen atoms in total. The number of nitrogens with zero attached hydrogens (tertiary/aromatic N) is 10. The van der Waals surface area contributed by atoms with Crippen molar-refractivity contribution in [2.45, 2.75) is 128 Å². The number of amides is 8. The summed E-state index contributed by atoms with van der Waals surface area (Å²) in [7, 11) is -0.689. The van der Waals surface area contributed by atoms with Crippen molar-refractivity contribution in [2.75, 3.05) is 138 Å². The Hall–Kier alpha value is -12.5. The smallest absolute Gasteiger partial charge is 0.421 e. The van der Waals surface area contributed by atoms with E-state index in [1.54, 1.807) is 98.7 Å². The zero-order chi connectivity index (χ0) is 100.0. The van der Waals surface area contributed by atoms with Gasteiger partial charge < -0.3 is 109 Å². The number of hydrogen-bond acceptors (Lipinski definition) is 33. The molecule has 0 bridgehead atoms. The molecule has 0 unspecified atom stereocenters. The summed E-state index contributed by atoms with van der Waals surface area (Å²) >= 11 is 8.63. The van der Waals surface area contributed by atoms with Crippen molar-refractivity contribution in [1.29, 1.82) is 0 Å². The highest BCUT2D eigenvalue weighted by atomic mass is 35.5. The van der Waals surface area contributed by atoms with Gasteiger partial charge in [-0.05, 0) is 108 Å². The number of hydrogen-bond donors (Lipinski definition) is 12. The second-order valence-corrected chi connectivity index (χ2v) is 36.3. The van der Waals surface area contributed by atoms with E-state index in [-0.39, 0.29) is 137 Å². The van der Waals surface area contributed by atoms with Crippen molar-refractivity contribution < 1.29 is 133 Å². The molecule has 0 aliphatic carbocycles. The number of anilines is 1. The number of thiophene rings is 1. The van der Waals surface area contributed by atoms with Gasteiger partial charge in [0.2, 0.25) is 29.7 Å². The van der Waals surface area contributed by atoms with Crippen LogP contribution in [0.3, 0.4) is 0 Å². The van der Waals surface area contributed by atoms with Gasteiger partial charge in [-0.2, -0.15) is 13.1 Å². The van der Waals surface area contributed by atoms with Crippen molar-refractivity contribution in [3.63, 3.8) is 0 Å². The van der Waals surface area contributed by atoms with Crippen LogP contribution in [0.25, 0.3) is 43.2 Å². The molecule has 2 saturated heterocycles. The molecular weight excluding hydrogens is 1890 g/mol. The molecule has 8 amide bonds. The van der Waals surface area contributed by atoms with Gasteiger partial charge in [-0.15, -0.1) is 16.4 Å². The number of piperazine rings is 1. The topological polar surface area (TPSA) is 560 Å². The molecule has 9 aromatic rings. The van der Waals surface area contributed by atoms with Gasteiger partial charge in [0, 0.05) is 85.6 Å². The Labute approximate surface area is 814 Å². The molecule has 13 N–H and O–H groups in total. The molecule has 12 rings (SSSR count). The molecule has 3 aliphatic heterocycles. The average molecular weight is 2000 g/mol. The number of carboxylic acid groups (broad SMARTS) is 1. The van der Waals surface area contributed by atoms with E-state index in [0.717, 1.165) is 22.6 Å². The predicted molar refractivity (Wildman–Crippen MR) is 503 cm³/mol. The maximum absolute atomic E-state index is 14.7. The van der Waals surface area contributed by atoms with Crippen molar-refractivity contribution in [3.8, 4) is 56.1 Å². The van der Waals surface area contributed by atoms with E-state index in [0.29, 0.717) is 143 Å². The van der Waals surface area contributed by atoms with E-state index in [1.807, 2.05) is 43.3 Å². The number of nitrogens with two attached hydrogens (primary N) is 1. The molecule has 0 radical (unpaired) electrons. The lowest BCUT2D eigenvalue weighted by Gasteiger charge is -2.42. The molecule has 140 heavy (non-hydrogen) atoms. The van der Waals surface area contributed by atoms with E-state index in [4.69, 9.17) is 74.4 Å².